The Balaban J connectivity index is 2.21. The molecule has 0 spiro atoms. The van der Waals surface area contributed by atoms with E-state index in [1.165, 1.54) is 12.1 Å². The van der Waals surface area contributed by atoms with Gasteiger partial charge in [-0.05, 0) is 46.9 Å². The summed E-state index contributed by atoms with van der Waals surface area (Å²) in [5, 5.41) is 4.00. The lowest BCUT2D eigenvalue weighted by Gasteiger charge is -2.04. The average molecular weight is 381 g/mol. The topological polar surface area (TPSA) is 64.9 Å². The zero-order chi connectivity index (χ0) is 14.1. The summed E-state index contributed by atoms with van der Waals surface area (Å²) >= 11 is 2.06. The average Bonchev–Trinajstić information content (AvgIpc) is 2.81. The van der Waals surface area contributed by atoms with Crippen LogP contribution in [-0.4, -0.2) is 10.1 Å². The Hall–Kier alpha value is -1.96. The van der Waals surface area contributed by atoms with E-state index in [1.54, 1.807) is 24.5 Å². The number of aromatic nitrogens is 2. The van der Waals surface area contributed by atoms with Crippen LogP contribution >= 0.6 is 22.6 Å². The highest BCUT2D eigenvalue weighted by atomic mass is 127. The number of nitrogen functional groups attached to an aromatic ring is 1. The van der Waals surface area contributed by atoms with Crippen LogP contribution in [0.5, 0.6) is 0 Å². The molecule has 2 heterocycles. The molecule has 0 saturated carbocycles. The normalized spacial score (nSPS) is 10.7. The summed E-state index contributed by atoms with van der Waals surface area (Å²) in [6.07, 6.45) is 3.36. The van der Waals surface area contributed by atoms with Gasteiger partial charge in [-0.3, -0.25) is 4.98 Å². The van der Waals surface area contributed by atoms with Crippen LogP contribution in [0.4, 0.5) is 10.3 Å². The number of rotatable bonds is 2. The zero-order valence-electron chi connectivity index (χ0n) is 10.2. The molecule has 0 fully saturated rings. The van der Waals surface area contributed by atoms with E-state index in [2.05, 4.69) is 32.7 Å². The fraction of sp³-hybridized carbons (Fsp3) is 0. The molecule has 0 aliphatic heterocycles. The van der Waals surface area contributed by atoms with Crippen LogP contribution in [0.15, 0.2) is 47.2 Å². The van der Waals surface area contributed by atoms with Gasteiger partial charge in [0.05, 0.1) is 5.56 Å². The van der Waals surface area contributed by atoms with Gasteiger partial charge in [0.25, 0.3) is 0 Å². The predicted octanol–water partition coefficient (Wildman–Crippen LogP) is 3.73. The smallest absolute Gasteiger partial charge is 0.230 e. The molecular weight excluding hydrogens is 372 g/mol. The fourth-order valence-electron chi connectivity index (χ4n) is 1.96. The fourth-order valence-corrected chi connectivity index (χ4v) is 2.69. The molecule has 20 heavy (non-hydrogen) atoms. The highest BCUT2D eigenvalue weighted by Crippen LogP contribution is 2.37. The second-order valence-corrected chi connectivity index (χ2v) is 5.30. The SMILES string of the molecule is Nc1onc(-c2ccc(F)cc2I)c1-c1cccnc1. The van der Waals surface area contributed by atoms with Crippen molar-refractivity contribution < 1.29 is 8.91 Å². The quantitative estimate of drug-likeness (QED) is 0.688. The van der Waals surface area contributed by atoms with Gasteiger partial charge in [-0.1, -0.05) is 11.2 Å². The van der Waals surface area contributed by atoms with Gasteiger partial charge in [-0.15, -0.1) is 0 Å². The molecule has 0 bridgehead atoms. The Kier molecular flexibility index (Phi) is 3.39. The van der Waals surface area contributed by atoms with Crippen LogP contribution in [-0.2, 0) is 0 Å². The van der Waals surface area contributed by atoms with E-state index in [9.17, 15) is 4.39 Å². The molecular formula is C14H9FIN3O. The molecule has 0 unspecified atom stereocenters. The zero-order valence-corrected chi connectivity index (χ0v) is 12.3. The Bertz CT molecular complexity index is 758. The highest BCUT2D eigenvalue weighted by Gasteiger charge is 2.19. The van der Waals surface area contributed by atoms with Crippen molar-refractivity contribution >= 4 is 28.5 Å². The summed E-state index contributed by atoms with van der Waals surface area (Å²) < 4.78 is 19.0. The number of nitrogens with two attached hydrogens (primary N) is 1. The van der Waals surface area contributed by atoms with Crippen molar-refractivity contribution in [3.63, 3.8) is 0 Å². The van der Waals surface area contributed by atoms with Gasteiger partial charge >= 0.3 is 0 Å². The largest absolute Gasteiger partial charge is 0.367 e. The monoisotopic (exact) mass is 381 g/mol. The first-order valence-electron chi connectivity index (χ1n) is 5.78. The van der Waals surface area contributed by atoms with E-state index in [0.717, 1.165) is 14.7 Å². The Morgan fingerprint density at radius 3 is 2.80 bits per heavy atom. The Labute approximate surface area is 127 Å². The Morgan fingerprint density at radius 2 is 2.10 bits per heavy atom. The van der Waals surface area contributed by atoms with Crippen LogP contribution in [0, 0.1) is 9.39 Å². The molecule has 2 aromatic heterocycles. The first-order valence-corrected chi connectivity index (χ1v) is 6.85. The van der Waals surface area contributed by atoms with Crippen LogP contribution in [0.2, 0.25) is 0 Å². The van der Waals surface area contributed by atoms with E-state index in [0.29, 0.717) is 11.3 Å². The number of anilines is 1. The molecule has 0 aliphatic rings. The summed E-state index contributed by atoms with van der Waals surface area (Å²) in [4.78, 5) is 4.07. The number of halogens is 2. The van der Waals surface area contributed by atoms with Crippen LogP contribution in [0.1, 0.15) is 0 Å². The van der Waals surface area contributed by atoms with Crippen LogP contribution < -0.4 is 5.73 Å². The highest BCUT2D eigenvalue weighted by molar-refractivity contribution is 14.1. The standard InChI is InChI=1S/C14H9FIN3O/c15-9-3-4-10(11(16)6-9)13-12(14(17)20-19-13)8-2-1-5-18-7-8/h1-7H,17H2. The van der Waals surface area contributed by atoms with Gasteiger partial charge < -0.3 is 10.3 Å². The first-order chi connectivity index (χ1) is 9.66. The van der Waals surface area contributed by atoms with Crippen molar-refractivity contribution in [3.05, 3.63) is 52.1 Å². The summed E-state index contributed by atoms with van der Waals surface area (Å²) in [6, 6.07) is 8.16. The molecule has 6 heteroatoms. The summed E-state index contributed by atoms with van der Waals surface area (Å²) in [5.41, 5.74) is 8.69. The molecule has 100 valence electrons. The molecule has 0 radical (unpaired) electrons. The van der Waals surface area contributed by atoms with Crippen LogP contribution in [0.3, 0.4) is 0 Å². The van der Waals surface area contributed by atoms with Crippen molar-refractivity contribution in [1.29, 1.82) is 0 Å². The number of benzene rings is 1. The summed E-state index contributed by atoms with van der Waals surface area (Å²) in [7, 11) is 0. The van der Waals surface area contributed by atoms with E-state index < -0.39 is 0 Å². The first kappa shape index (κ1) is 13.0. The van der Waals surface area contributed by atoms with Gasteiger partial charge in [-0.25, -0.2) is 4.39 Å². The van der Waals surface area contributed by atoms with Gasteiger partial charge in [0, 0.05) is 27.1 Å². The van der Waals surface area contributed by atoms with Crippen molar-refractivity contribution in [1.82, 2.24) is 10.1 Å². The van der Waals surface area contributed by atoms with Gasteiger partial charge in [0.15, 0.2) is 0 Å². The maximum Gasteiger partial charge on any atom is 0.230 e. The minimum absolute atomic E-state index is 0.216. The number of hydrogen-bond donors (Lipinski definition) is 1. The van der Waals surface area contributed by atoms with Gasteiger partial charge in [0.1, 0.15) is 11.5 Å². The number of nitrogens with zero attached hydrogens (tertiary/aromatic N) is 2. The molecule has 3 rings (SSSR count). The third kappa shape index (κ3) is 2.26. The minimum atomic E-state index is -0.294. The molecule has 0 aliphatic carbocycles. The van der Waals surface area contributed by atoms with Crippen molar-refractivity contribution in [2.24, 2.45) is 0 Å². The predicted molar refractivity (Wildman–Crippen MR) is 82.3 cm³/mol. The maximum atomic E-state index is 13.2. The molecule has 3 aromatic rings. The molecule has 4 nitrogen and oxygen atoms in total. The van der Waals surface area contributed by atoms with E-state index >= 15 is 0 Å². The van der Waals surface area contributed by atoms with Crippen molar-refractivity contribution in [2.45, 2.75) is 0 Å². The van der Waals surface area contributed by atoms with Gasteiger partial charge in [0.2, 0.25) is 5.88 Å². The van der Waals surface area contributed by atoms with Gasteiger partial charge in [-0.2, -0.15) is 0 Å². The third-order valence-electron chi connectivity index (χ3n) is 2.85. The second-order valence-electron chi connectivity index (χ2n) is 4.14. The molecule has 1 aromatic carbocycles. The maximum absolute atomic E-state index is 13.2. The van der Waals surface area contributed by atoms with Crippen LogP contribution in [0.25, 0.3) is 22.4 Å². The lowest BCUT2D eigenvalue weighted by atomic mass is 10.0. The summed E-state index contributed by atoms with van der Waals surface area (Å²) in [5.74, 6) is -0.0781. The lowest BCUT2D eigenvalue weighted by Crippen LogP contribution is -1.90. The Morgan fingerprint density at radius 1 is 1.25 bits per heavy atom. The van der Waals surface area contributed by atoms with E-state index in [-0.39, 0.29) is 11.7 Å². The minimum Gasteiger partial charge on any atom is -0.367 e. The molecule has 0 saturated heterocycles. The van der Waals surface area contributed by atoms with Crippen molar-refractivity contribution in [2.75, 3.05) is 5.73 Å². The molecule has 0 atom stereocenters. The molecule has 0 amide bonds. The third-order valence-corrected chi connectivity index (χ3v) is 3.75. The van der Waals surface area contributed by atoms with E-state index in [1.807, 2.05) is 6.07 Å². The molecule has 2 N–H and O–H groups in total. The lowest BCUT2D eigenvalue weighted by molar-refractivity contribution is 0.439. The summed E-state index contributed by atoms with van der Waals surface area (Å²) in [6.45, 7) is 0. The number of pyridine rings is 1. The second kappa shape index (κ2) is 5.20. The number of hydrogen-bond acceptors (Lipinski definition) is 4. The van der Waals surface area contributed by atoms with E-state index in [4.69, 9.17) is 10.3 Å². The van der Waals surface area contributed by atoms with Crippen molar-refractivity contribution in [3.8, 4) is 22.4 Å².